The first-order valence-corrected chi connectivity index (χ1v) is 5.81. The first kappa shape index (κ1) is 14.5. The Hall–Kier alpha value is -1.52. The van der Waals surface area contributed by atoms with Crippen LogP contribution in [0.25, 0.3) is 0 Å². The van der Waals surface area contributed by atoms with Gasteiger partial charge in [0.1, 0.15) is 0 Å². The van der Waals surface area contributed by atoms with Crippen LogP contribution in [0.5, 0.6) is 0 Å². The maximum Gasteiger partial charge on any atom is 0.254 e. The third-order valence-electron chi connectivity index (χ3n) is 3.14. The Balaban J connectivity index is 2.70. The maximum absolute atomic E-state index is 13.3. The fourth-order valence-corrected chi connectivity index (χ4v) is 1.24. The number of nitrogens with zero attached hydrogens (tertiary/aromatic N) is 1. The molecule has 0 aliphatic heterocycles. The Kier molecular flexibility index (Phi) is 4.38. The molecule has 1 aromatic rings. The van der Waals surface area contributed by atoms with Crippen LogP contribution in [0.4, 0.5) is 8.78 Å². The Morgan fingerprint density at radius 2 is 2.06 bits per heavy atom. The normalized spacial score (nSPS) is 13.2. The Bertz CT molecular complexity index is 441. The van der Waals surface area contributed by atoms with Gasteiger partial charge in [-0.25, -0.2) is 9.37 Å². The van der Waals surface area contributed by atoms with Gasteiger partial charge >= 0.3 is 0 Å². The van der Waals surface area contributed by atoms with Gasteiger partial charge in [-0.2, -0.15) is 4.39 Å². The minimum Gasteiger partial charge on any atom is -0.352 e. The SMILES string of the molecule is CC(CNC(=O)c1ccnc(F)c1F)C(C)(C)C. The molecule has 0 bridgehead atoms. The quantitative estimate of drug-likeness (QED) is 0.845. The van der Waals surface area contributed by atoms with Crippen LogP contribution < -0.4 is 5.32 Å². The number of hydrogen-bond donors (Lipinski definition) is 1. The highest BCUT2D eigenvalue weighted by Crippen LogP contribution is 2.24. The lowest BCUT2D eigenvalue weighted by molar-refractivity contribution is 0.0931. The number of carbonyl (C=O) groups excluding carboxylic acids is 1. The lowest BCUT2D eigenvalue weighted by atomic mass is 9.82. The van der Waals surface area contributed by atoms with Crippen molar-refractivity contribution in [2.75, 3.05) is 6.54 Å². The molecule has 1 aromatic heterocycles. The van der Waals surface area contributed by atoms with Crippen molar-refractivity contribution in [2.45, 2.75) is 27.7 Å². The van der Waals surface area contributed by atoms with E-state index in [9.17, 15) is 13.6 Å². The maximum atomic E-state index is 13.3. The van der Waals surface area contributed by atoms with Gasteiger partial charge in [0.2, 0.25) is 5.95 Å². The topological polar surface area (TPSA) is 42.0 Å². The molecule has 1 atom stereocenters. The van der Waals surface area contributed by atoms with Crippen molar-refractivity contribution in [1.29, 1.82) is 0 Å². The third-order valence-corrected chi connectivity index (χ3v) is 3.14. The van der Waals surface area contributed by atoms with Crippen LogP contribution in [-0.2, 0) is 0 Å². The molecule has 3 nitrogen and oxygen atoms in total. The van der Waals surface area contributed by atoms with E-state index in [1.54, 1.807) is 0 Å². The fourth-order valence-electron chi connectivity index (χ4n) is 1.24. The van der Waals surface area contributed by atoms with E-state index in [0.29, 0.717) is 6.54 Å². The summed E-state index contributed by atoms with van der Waals surface area (Å²) in [4.78, 5) is 14.8. The molecule has 18 heavy (non-hydrogen) atoms. The van der Waals surface area contributed by atoms with Gasteiger partial charge in [0.15, 0.2) is 5.82 Å². The fraction of sp³-hybridized carbons (Fsp3) is 0.538. The highest BCUT2D eigenvalue weighted by atomic mass is 19.2. The molecule has 0 spiro atoms. The van der Waals surface area contributed by atoms with E-state index in [-0.39, 0.29) is 16.9 Å². The summed E-state index contributed by atoms with van der Waals surface area (Å²) in [6.45, 7) is 8.55. The molecule has 100 valence electrons. The second kappa shape index (κ2) is 5.42. The lowest BCUT2D eigenvalue weighted by Gasteiger charge is -2.27. The summed E-state index contributed by atoms with van der Waals surface area (Å²) in [7, 11) is 0. The third kappa shape index (κ3) is 3.48. The second-order valence-electron chi connectivity index (χ2n) is 5.44. The van der Waals surface area contributed by atoms with Gasteiger partial charge in [0.05, 0.1) is 5.56 Å². The van der Waals surface area contributed by atoms with Crippen LogP contribution in [0, 0.1) is 23.1 Å². The summed E-state index contributed by atoms with van der Waals surface area (Å²) in [6.07, 6.45) is 1.07. The summed E-state index contributed by atoms with van der Waals surface area (Å²) < 4.78 is 26.2. The lowest BCUT2D eigenvalue weighted by Crippen LogP contribution is -2.34. The van der Waals surface area contributed by atoms with Crippen LogP contribution in [0.2, 0.25) is 0 Å². The predicted octanol–water partition coefficient (Wildman–Crippen LogP) is 2.77. The number of aromatic nitrogens is 1. The van der Waals surface area contributed by atoms with Crippen LogP contribution in [-0.4, -0.2) is 17.4 Å². The molecule has 1 heterocycles. The van der Waals surface area contributed by atoms with Crippen molar-refractivity contribution in [3.63, 3.8) is 0 Å². The molecule has 0 saturated carbocycles. The van der Waals surface area contributed by atoms with Crippen LogP contribution in [0.15, 0.2) is 12.3 Å². The zero-order valence-electron chi connectivity index (χ0n) is 11.1. The van der Waals surface area contributed by atoms with Crippen molar-refractivity contribution in [3.8, 4) is 0 Å². The van der Waals surface area contributed by atoms with Crippen LogP contribution >= 0.6 is 0 Å². The highest BCUT2D eigenvalue weighted by Gasteiger charge is 2.22. The standard InChI is InChI=1S/C13H18F2N2O/c1-8(13(2,3)4)7-17-12(18)9-5-6-16-11(15)10(9)14/h5-6,8H,7H2,1-4H3,(H,17,18). The van der Waals surface area contributed by atoms with E-state index < -0.39 is 17.7 Å². The summed E-state index contributed by atoms with van der Waals surface area (Å²) >= 11 is 0. The largest absolute Gasteiger partial charge is 0.352 e. The molecule has 1 N–H and O–H groups in total. The predicted molar refractivity (Wildman–Crippen MR) is 65.1 cm³/mol. The minimum atomic E-state index is -1.26. The van der Waals surface area contributed by atoms with E-state index >= 15 is 0 Å². The molecule has 0 radical (unpaired) electrons. The first-order chi connectivity index (χ1) is 8.23. The van der Waals surface area contributed by atoms with Gasteiger partial charge in [-0.3, -0.25) is 4.79 Å². The van der Waals surface area contributed by atoms with Crippen LogP contribution in [0.1, 0.15) is 38.1 Å². The molecular weight excluding hydrogens is 238 g/mol. The molecule has 0 saturated heterocycles. The highest BCUT2D eigenvalue weighted by molar-refractivity contribution is 5.94. The number of halogens is 2. The van der Waals surface area contributed by atoms with Crippen molar-refractivity contribution >= 4 is 5.91 Å². The van der Waals surface area contributed by atoms with Gasteiger partial charge in [-0.1, -0.05) is 27.7 Å². The molecule has 0 fully saturated rings. The number of pyridine rings is 1. The van der Waals surface area contributed by atoms with E-state index in [1.165, 1.54) is 0 Å². The molecule has 1 unspecified atom stereocenters. The summed E-state index contributed by atoms with van der Waals surface area (Å²) in [5, 5.41) is 2.60. The summed E-state index contributed by atoms with van der Waals surface area (Å²) in [5.41, 5.74) is -0.279. The van der Waals surface area contributed by atoms with Crippen molar-refractivity contribution in [1.82, 2.24) is 10.3 Å². The van der Waals surface area contributed by atoms with E-state index in [4.69, 9.17) is 0 Å². The van der Waals surface area contributed by atoms with Crippen LogP contribution in [0.3, 0.4) is 0 Å². The van der Waals surface area contributed by atoms with Gasteiger partial charge in [-0.15, -0.1) is 0 Å². The number of rotatable bonds is 3. The molecule has 1 rings (SSSR count). The minimum absolute atomic E-state index is 0.0370. The number of carbonyl (C=O) groups is 1. The summed E-state index contributed by atoms with van der Waals surface area (Å²) in [6, 6.07) is 1.16. The number of nitrogens with one attached hydrogen (secondary N) is 1. The Morgan fingerprint density at radius 3 is 2.61 bits per heavy atom. The molecule has 0 aliphatic carbocycles. The van der Waals surface area contributed by atoms with E-state index in [0.717, 1.165) is 12.3 Å². The van der Waals surface area contributed by atoms with E-state index in [2.05, 4.69) is 31.1 Å². The number of hydrogen-bond acceptors (Lipinski definition) is 2. The molecule has 5 heteroatoms. The van der Waals surface area contributed by atoms with Gasteiger partial charge in [0, 0.05) is 12.7 Å². The molecular formula is C13H18F2N2O. The van der Waals surface area contributed by atoms with Crippen molar-refractivity contribution in [2.24, 2.45) is 11.3 Å². The average Bonchev–Trinajstić information content (AvgIpc) is 2.27. The second-order valence-corrected chi connectivity index (χ2v) is 5.44. The van der Waals surface area contributed by atoms with E-state index in [1.807, 2.05) is 6.92 Å². The monoisotopic (exact) mass is 256 g/mol. The summed E-state index contributed by atoms with van der Waals surface area (Å²) in [5.74, 6) is -2.87. The molecule has 0 aliphatic rings. The smallest absolute Gasteiger partial charge is 0.254 e. The molecule has 0 aromatic carbocycles. The van der Waals surface area contributed by atoms with Crippen molar-refractivity contribution in [3.05, 3.63) is 29.6 Å². The average molecular weight is 256 g/mol. The van der Waals surface area contributed by atoms with Gasteiger partial charge < -0.3 is 5.32 Å². The zero-order valence-corrected chi connectivity index (χ0v) is 11.1. The molecule has 1 amide bonds. The first-order valence-electron chi connectivity index (χ1n) is 5.81. The Labute approximate surface area is 106 Å². The Morgan fingerprint density at radius 1 is 1.44 bits per heavy atom. The number of amides is 1. The van der Waals surface area contributed by atoms with Crippen molar-refractivity contribution < 1.29 is 13.6 Å². The zero-order chi connectivity index (χ0) is 13.9. The van der Waals surface area contributed by atoms with Gasteiger partial charge in [0.25, 0.3) is 5.91 Å². The van der Waals surface area contributed by atoms with Gasteiger partial charge in [-0.05, 0) is 17.4 Å².